The predicted octanol–water partition coefficient (Wildman–Crippen LogP) is 1.35. The van der Waals surface area contributed by atoms with Crippen LogP contribution >= 0.6 is 0 Å². The number of halogens is 3. The average Bonchev–Trinajstić information content (AvgIpc) is 2.37. The highest BCUT2D eigenvalue weighted by molar-refractivity contribution is 6.06. The summed E-state index contributed by atoms with van der Waals surface area (Å²) in [6.45, 7) is 1.35. The summed E-state index contributed by atoms with van der Waals surface area (Å²) in [6, 6.07) is 0.654. The number of rotatable bonds is 2. The number of hydrogen-bond donors (Lipinski definition) is 1. The van der Waals surface area contributed by atoms with Gasteiger partial charge >= 0.3 is 0 Å². The molecule has 0 radical (unpaired) electrons. The number of nitrogens with one attached hydrogen (secondary N) is 1. The van der Waals surface area contributed by atoms with Gasteiger partial charge < -0.3 is 10.2 Å². The molecule has 1 heterocycles. The van der Waals surface area contributed by atoms with E-state index >= 15 is 0 Å². The normalized spacial score (nSPS) is 19.6. The molecule has 0 aliphatic carbocycles. The Morgan fingerprint density at radius 3 is 2.37 bits per heavy atom. The molecule has 1 aliphatic rings. The van der Waals surface area contributed by atoms with E-state index in [1.807, 2.05) is 0 Å². The molecule has 4 nitrogen and oxygen atoms in total. The van der Waals surface area contributed by atoms with Crippen LogP contribution in [0.25, 0.3) is 0 Å². The number of piperazine rings is 1. The Kier molecular flexibility index (Phi) is 3.46. The molecule has 1 aliphatic heterocycles. The van der Waals surface area contributed by atoms with E-state index in [1.165, 1.54) is 0 Å². The summed E-state index contributed by atoms with van der Waals surface area (Å²) in [5, 5.41) is 2.46. The van der Waals surface area contributed by atoms with Gasteiger partial charge in [-0.3, -0.25) is 9.59 Å². The van der Waals surface area contributed by atoms with Crippen LogP contribution < -0.4 is 10.2 Å². The molecule has 102 valence electrons. The summed E-state index contributed by atoms with van der Waals surface area (Å²) in [5.74, 6) is -5.32. The molecule has 0 spiro atoms. The third-order valence-electron chi connectivity index (χ3n) is 2.89. The van der Waals surface area contributed by atoms with Gasteiger partial charge in [0, 0.05) is 12.1 Å². The summed E-state index contributed by atoms with van der Waals surface area (Å²) in [7, 11) is 0. The van der Waals surface area contributed by atoms with E-state index in [1.54, 1.807) is 6.92 Å². The summed E-state index contributed by atoms with van der Waals surface area (Å²) in [6.07, 6.45) is 0.354. The Balaban J connectivity index is 2.40. The fraction of sp³-hybridized carbons (Fsp3) is 0.333. The van der Waals surface area contributed by atoms with Gasteiger partial charge in [-0.15, -0.1) is 0 Å². The van der Waals surface area contributed by atoms with Crippen molar-refractivity contribution >= 4 is 17.5 Å². The van der Waals surface area contributed by atoms with Crippen molar-refractivity contribution in [3.8, 4) is 0 Å². The quantitative estimate of drug-likeness (QED) is 0.826. The van der Waals surface area contributed by atoms with Crippen LogP contribution in [-0.4, -0.2) is 24.4 Å². The molecule has 0 bridgehead atoms. The molecule has 19 heavy (non-hydrogen) atoms. The van der Waals surface area contributed by atoms with Crippen molar-refractivity contribution in [1.29, 1.82) is 0 Å². The molecule has 0 saturated carbocycles. The zero-order chi connectivity index (χ0) is 14.2. The molecule has 2 rings (SSSR count). The Morgan fingerprint density at radius 1 is 1.26 bits per heavy atom. The highest BCUT2D eigenvalue weighted by atomic mass is 19.2. The SMILES string of the molecule is CCC1NC(=O)CN(c2cc(F)c(F)c(F)c2)C1=O. The lowest BCUT2D eigenvalue weighted by Gasteiger charge is -2.32. The molecule has 7 heteroatoms. The van der Waals surface area contributed by atoms with E-state index in [2.05, 4.69) is 5.32 Å². The second-order valence-corrected chi connectivity index (χ2v) is 4.18. The molecule has 1 atom stereocenters. The van der Waals surface area contributed by atoms with Crippen molar-refractivity contribution in [3.05, 3.63) is 29.6 Å². The van der Waals surface area contributed by atoms with Crippen LogP contribution in [0.4, 0.5) is 18.9 Å². The first-order chi connectivity index (χ1) is 8.93. The minimum Gasteiger partial charge on any atom is -0.343 e. The van der Waals surface area contributed by atoms with Crippen LogP contribution in [0.5, 0.6) is 0 Å². The van der Waals surface area contributed by atoms with Crippen LogP contribution in [0.3, 0.4) is 0 Å². The highest BCUT2D eigenvalue weighted by Gasteiger charge is 2.33. The van der Waals surface area contributed by atoms with Crippen LogP contribution in [0.2, 0.25) is 0 Å². The largest absolute Gasteiger partial charge is 0.343 e. The smallest absolute Gasteiger partial charge is 0.250 e. The van der Waals surface area contributed by atoms with E-state index in [0.717, 1.165) is 4.90 Å². The number of nitrogens with zero attached hydrogens (tertiary/aromatic N) is 1. The lowest BCUT2D eigenvalue weighted by atomic mass is 10.1. The highest BCUT2D eigenvalue weighted by Crippen LogP contribution is 2.23. The van der Waals surface area contributed by atoms with E-state index < -0.39 is 35.3 Å². The molecule has 0 aromatic heterocycles. The Labute approximate surface area is 107 Å². The first-order valence-corrected chi connectivity index (χ1v) is 5.69. The topological polar surface area (TPSA) is 49.4 Å². The molecule has 1 aromatic rings. The van der Waals surface area contributed by atoms with Crippen molar-refractivity contribution in [2.75, 3.05) is 11.4 Å². The van der Waals surface area contributed by atoms with E-state index in [9.17, 15) is 22.8 Å². The summed E-state index contributed by atoms with van der Waals surface area (Å²) < 4.78 is 39.2. The fourth-order valence-corrected chi connectivity index (χ4v) is 1.90. The predicted molar refractivity (Wildman–Crippen MR) is 60.9 cm³/mol. The van der Waals surface area contributed by atoms with Crippen LogP contribution in [-0.2, 0) is 9.59 Å². The number of carbonyl (C=O) groups is 2. The molecule has 1 fully saturated rings. The van der Waals surface area contributed by atoms with Gasteiger partial charge in [0.05, 0.1) is 5.69 Å². The molecular formula is C12H11F3N2O2. The number of amides is 2. The number of benzene rings is 1. The summed E-state index contributed by atoms with van der Waals surface area (Å²) in [4.78, 5) is 24.4. The summed E-state index contributed by atoms with van der Waals surface area (Å²) in [5.41, 5.74) is -0.172. The number of hydrogen-bond acceptors (Lipinski definition) is 2. The maximum Gasteiger partial charge on any atom is 0.250 e. The monoisotopic (exact) mass is 272 g/mol. The van der Waals surface area contributed by atoms with Crippen molar-refractivity contribution in [2.24, 2.45) is 0 Å². The maximum atomic E-state index is 13.1. The second kappa shape index (κ2) is 4.91. The molecule has 1 saturated heterocycles. The molecule has 1 aromatic carbocycles. The second-order valence-electron chi connectivity index (χ2n) is 4.18. The lowest BCUT2D eigenvalue weighted by molar-refractivity contribution is -0.131. The lowest BCUT2D eigenvalue weighted by Crippen LogP contribution is -2.58. The van der Waals surface area contributed by atoms with E-state index in [4.69, 9.17) is 0 Å². The Hall–Kier alpha value is -2.05. The van der Waals surface area contributed by atoms with Crippen LogP contribution in [0.15, 0.2) is 12.1 Å². The van der Waals surface area contributed by atoms with Gasteiger partial charge in [-0.2, -0.15) is 0 Å². The van der Waals surface area contributed by atoms with Crippen molar-refractivity contribution < 1.29 is 22.8 Å². The Morgan fingerprint density at radius 2 is 1.84 bits per heavy atom. The van der Waals surface area contributed by atoms with Crippen LogP contribution in [0.1, 0.15) is 13.3 Å². The average molecular weight is 272 g/mol. The van der Waals surface area contributed by atoms with Crippen molar-refractivity contribution in [3.63, 3.8) is 0 Å². The third kappa shape index (κ3) is 2.40. The minimum absolute atomic E-state index is 0.172. The van der Waals surface area contributed by atoms with Crippen molar-refractivity contribution in [2.45, 2.75) is 19.4 Å². The Bertz CT molecular complexity index is 525. The van der Waals surface area contributed by atoms with Gasteiger partial charge in [-0.05, 0) is 6.42 Å². The standard InChI is InChI=1S/C12H11F3N2O2/c1-2-9-12(19)17(5-10(18)16-9)6-3-7(13)11(15)8(14)4-6/h3-4,9H,2,5H2,1H3,(H,16,18). The maximum absolute atomic E-state index is 13.1. The zero-order valence-electron chi connectivity index (χ0n) is 10.0. The number of anilines is 1. The summed E-state index contributed by atoms with van der Waals surface area (Å²) >= 11 is 0. The van der Waals surface area contributed by atoms with Gasteiger partial charge in [-0.1, -0.05) is 6.92 Å². The zero-order valence-corrected chi connectivity index (χ0v) is 10.0. The minimum atomic E-state index is -1.61. The number of carbonyl (C=O) groups excluding carboxylic acids is 2. The van der Waals surface area contributed by atoms with Crippen molar-refractivity contribution in [1.82, 2.24) is 5.32 Å². The first kappa shape index (κ1) is 13.4. The van der Waals surface area contributed by atoms with Crippen LogP contribution in [0, 0.1) is 17.5 Å². The first-order valence-electron chi connectivity index (χ1n) is 5.69. The van der Waals surface area contributed by atoms with E-state index in [0.29, 0.717) is 18.6 Å². The molecule has 1 N–H and O–H groups in total. The van der Waals surface area contributed by atoms with Gasteiger partial charge in [0.2, 0.25) is 11.8 Å². The fourth-order valence-electron chi connectivity index (χ4n) is 1.90. The molecule has 1 unspecified atom stereocenters. The molecule has 2 amide bonds. The van der Waals surface area contributed by atoms with Gasteiger partial charge in [-0.25, -0.2) is 13.2 Å². The molecular weight excluding hydrogens is 261 g/mol. The third-order valence-corrected chi connectivity index (χ3v) is 2.89. The van der Waals surface area contributed by atoms with Gasteiger partial charge in [0.1, 0.15) is 12.6 Å². The van der Waals surface area contributed by atoms with Gasteiger partial charge in [0.15, 0.2) is 17.5 Å². The van der Waals surface area contributed by atoms with Gasteiger partial charge in [0.25, 0.3) is 0 Å². The van der Waals surface area contributed by atoms with E-state index in [-0.39, 0.29) is 12.2 Å².